The van der Waals surface area contributed by atoms with E-state index in [4.69, 9.17) is 42.1 Å². The number of carboxylic acid groups (broad SMARTS) is 2. The first kappa shape index (κ1) is 42.2. The van der Waals surface area contributed by atoms with Gasteiger partial charge in [0.05, 0.1) is 73.4 Å². The molecule has 0 aromatic heterocycles. The van der Waals surface area contributed by atoms with E-state index in [9.17, 15) is 38.2 Å². The highest BCUT2D eigenvalue weighted by atomic mass is 35.5. The van der Waals surface area contributed by atoms with Crippen LogP contribution in [0.25, 0.3) is 0 Å². The fraction of sp³-hybridized carbons (Fsp3) is 0.263. The van der Waals surface area contributed by atoms with Crippen LogP contribution in [0.2, 0.25) is 10.0 Å². The first-order chi connectivity index (χ1) is 26.7. The summed E-state index contributed by atoms with van der Waals surface area (Å²) in [6.45, 7) is 0. The van der Waals surface area contributed by atoms with Crippen molar-refractivity contribution in [2.45, 2.75) is 33.8 Å². The zero-order valence-electron chi connectivity index (χ0n) is 30.0. The summed E-state index contributed by atoms with van der Waals surface area (Å²) in [5.41, 5.74) is 2.27. The van der Waals surface area contributed by atoms with Crippen molar-refractivity contribution in [2.75, 3.05) is 39.1 Å². The number of amides is 2. The van der Waals surface area contributed by atoms with Gasteiger partial charge in [0, 0.05) is 21.4 Å². The Hall–Kier alpha value is -4.90. The Morgan fingerprint density at radius 1 is 0.643 bits per heavy atom. The number of fused-ring (bicyclic) bond motifs is 2. The zero-order chi connectivity index (χ0) is 40.8. The lowest BCUT2D eigenvalue weighted by Gasteiger charge is -2.23. The monoisotopic (exact) mass is 850 g/mol. The molecule has 12 nitrogen and oxygen atoms in total. The summed E-state index contributed by atoms with van der Waals surface area (Å²) in [7, 11) is 5.64. The van der Waals surface area contributed by atoms with Gasteiger partial charge in [-0.2, -0.15) is 0 Å². The van der Waals surface area contributed by atoms with Crippen molar-refractivity contribution in [1.82, 2.24) is 0 Å². The van der Waals surface area contributed by atoms with Gasteiger partial charge in [0.2, 0.25) is 11.8 Å². The molecule has 4 atom stereocenters. The van der Waals surface area contributed by atoms with Crippen molar-refractivity contribution >= 4 is 81.9 Å². The summed E-state index contributed by atoms with van der Waals surface area (Å²) in [6.07, 6.45) is -0.828. The Kier molecular flexibility index (Phi) is 13.9. The van der Waals surface area contributed by atoms with Gasteiger partial charge < -0.3 is 39.8 Å². The van der Waals surface area contributed by atoms with E-state index >= 15 is 0 Å². The average molecular weight is 852 g/mol. The number of aliphatic carboxylic acids is 2. The van der Waals surface area contributed by atoms with Gasteiger partial charge >= 0.3 is 11.9 Å². The molecule has 4 N–H and O–H groups in total. The topological polar surface area (TPSA) is 170 Å². The fourth-order valence-electron chi connectivity index (χ4n) is 6.14. The maximum absolute atomic E-state index is 14.9. The molecule has 56 heavy (non-hydrogen) atoms. The predicted molar refractivity (Wildman–Crippen MR) is 210 cm³/mol. The molecule has 0 saturated heterocycles. The summed E-state index contributed by atoms with van der Waals surface area (Å²) >= 11 is 14.4. The van der Waals surface area contributed by atoms with Crippen molar-refractivity contribution in [2.24, 2.45) is 0 Å². The van der Waals surface area contributed by atoms with Crippen molar-refractivity contribution in [3.8, 4) is 23.0 Å². The van der Waals surface area contributed by atoms with Crippen LogP contribution in [0.4, 0.5) is 20.2 Å². The van der Waals surface area contributed by atoms with Crippen LogP contribution in [0.1, 0.15) is 45.6 Å². The molecule has 2 amide bonds. The number of carbonyl (C=O) groups excluding carboxylic acids is 2. The number of thioether (sulfide) groups is 2. The molecule has 0 radical (unpaired) electrons. The highest BCUT2D eigenvalue weighted by Gasteiger charge is 2.38. The third-order valence-electron chi connectivity index (χ3n) is 8.60. The molecule has 0 aliphatic carbocycles. The minimum atomic E-state index is -1.13. The van der Waals surface area contributed by atoms with Gasteiger partial charge in [-0.3, -0.25) is 19.2 Å². The van der Waals surface area contributed by atoms with E-state index in [-0.39, 0.29) is 22.6 Å². The third kappa shape index (κ3) is 9.20. The number of hydrogen-bond acceptors (Lipinski definition) is 10. The second-order valence-electron chi connectivity index (χ2n) is 12.0. The van der Waals surface area contributed by atoms with Crippen LogP contribution in [0.3, 0.4) is 0 Å². The molecular formula is C38H34Cl2F2N2O10S2. The molecule has 2 aliphatic rings. The van der Waals surface area contributed by atoms with Crippen LogP contribution in [0, 0.1) is 11.6 Å². The standard InChI is InChI=1S/2C19H17ClFNO5S/c2*1-26-13-6-4-11(21)16(17(13)27-2)18-10-7-9(20)3-5-12(10)22-19(25)14(28-18)8-15(23)24/h2*3-7,14,18H,8H2,1-2H3,(H,22,25)(H,23,24)/t2*14-,18+/m00/s1. The van der Waals surface area contributed by atoms with Gasteiger partial charge in [-0.05, 0) is 71.8 Å². The van der Waals surface area contributed by atoms with Crippen molar-refractivity contribution in [3.63, 3.8) is 0 Å². The van der Waals surface area contributed by atoms with Crippen LogP contribution < -0.4 is 29.6 Å². The second kappa shape index (κ2) is 18.4. The SMILES string of the molecule is COc1ccc(F)c([C@@H]2S[C@@H](CC(=O)O)C(=O)Nc3ccc(Cl)cc32)c1OC.COc1ccc(F)c([C@@H]2S[C@@H](CC(=O)O)C(=O)Nc3ccc(Cl)cc32)c1OC. The number of carbonyl (C=O) groups is 4. The number of hydrogen-bond donors (Lipinski definition) is 4. The van der Waals surface area contributed by atoms with Gasteiger partial charge in [0.1, 0.15) is 11.6 Å². The van der Waals surface area contributed by atoms with Crippen LogP contribution in [0.5, 0.6) is 23.0 Å². The van der Waals surface area contributed by atoms with Gasteiger partial charge in [-0.15, -0.1) is 23.5 Å². The number of ether oxygens (including phenoxy) is 4. The van der Waals surface area contributed by atoms with Crippen LogP contribution in [-0.4, -0.2) is 72.9 Å². The zero-order valence-corrected chi connectivity index (χ0v) is 33.1. The molecule has 2 aliphatic heterocycles. The molecule has 2 heterocycles. The highest BCUT2D eigenvalue weighted by molar-refractivity contribution is 8.01. The van der Waals surface area contributed by atoms with E-state index in [1.54, 1.807) is 36.4 Å². The number of benzene rings is 4. The van der Waals surface area contributed by atoms with Crippen LogP contribution in [0.15, 0.2) is 60.7 Å². The Labute approximate surface area is 338 Å². The molecule has 296 valence electrons. The molecular weight excluding hydrogens is 817 g/mol. The summed E-state index contributed by atoms with van der Waals surface area (Å²) < 4.78 is 51.2. The maximum Gasteiger partial charge on any atom is 0.305 e. The Morgan fingerprint density at radius 2 is 1.02 bits per heavy atom. The van der Waals surface area contributed by atoms with Crippen molar-refractivity contribution in [3.05, 3.63) is 105 Å². The number of nitrogens with one attached hydrogen (secondary N) is 2. The van der Waals surface area contributed by atoms with E-state index in [0.717, 1.165) is 23.5 Å². The quantitative estimate of drug-likeness (QED) is 0.121. The summed E-state index contributed by atoms with van der Waals surface area (Å²) in [5.74, 6) is -3.34. The first-order valence-corrected chi connectivity index (χ1v) is 19.1. The van der Waals surface area contributed by atoms with Crippen molar-refractivity contribution in [1.29, 1.82) is 0 Å². The molecule has 0 saturated carbocycles. The minimum absolute atomic E-state index is 0.155. The lowest BCUT2D eigenvalue weighted by atomic mass is 10.0. The smallest absolute Gasteiger partial charge is 0.305 e. The number of methoxy groups -OCH3 is 4. The molecule has 0 fully saturated rings. The first-order valence-electron chi connectivity index (χ1n) is 16.5. The van der Waals surface area contributed by atoms with Crippen molar-refractivity contribution < 1.29 is 57.1 Å². The van der Waals surface area contributed by atoms with E-state index in [1.807, 2.05) is 0 Å². The molecule has 0 bridgehead atoms. The number of halogens is 4. The predicted octanol–water partition coefficient (Wildman–Crippen LogP) is 8.23. The molecule has 6 rings (SSSR count). The highest BCUT2D eigenvalue weighted by Crippen LogP contribution is 2.52. The Bertz CT molecular complexity index is 2030. The third-order valence-corrected chi connectivity index (χ3v) is 12.0. The summed E-state index contributed by atoms with van der Waals surface area (Å²) in [6, 6.07) is 15.0. The lowest BCUT2D eigenvalue weighted by Crippen LogP contribution is -2.26. The van der Waals surface area contributed by atoms with Gasteiger partial charge in [-0.25, -0.2) is 8.78 Å². The minimum Gasteiger partial charge on any atom is -0.493 e. The van der Waals surface area contributed by atoms with E-state index < -0.39 is 69.2 Å². The molecule has 0 spiro atoms. The Morgan fingerprint density at radius 3 is 1.34 bits per heavy atom. The number of rotatable bonds is 10. The number of anilines is 2. The van der Waals surface area contributed by atoms with E-state index in [2.05, 4.69) is 10.6 Å². The van der Waals surface area contributed by atoms with Crippen LogP contribution >= 0.6 is 46.7 Å². The van der Waals surface area contributed by atoms with Crippen LogP contribution in [-0.2, 0) is 19.2 Å². The molecule has 0 unspecified atom stereocenters. The Balaban J connectivity index is 0.000000214. The van der Waals surface area contributed by atoms with E-state index in [0.29, 0.717) is 44.0 Å². The largest absolute Gasteiger partial charge is 0.493 e. The lowest BCUT2D eigenvalue weighted by molar-refractivity contribution is -0.138. The molecule has 4 aromatic carbocycles. The fourth-order valence-corrected chi connectivity index (χ4v) is 9.40. The molecule has 4 aromatic rings. The van der Waals surface area contributed by atoms with Gasteiger partial charge in [0.25, 0.3) is 0 Å². The normalized spacial score (nSPS) is 18.6. The van der Waals surface area contributed by atoms with Gasteiger partial charge in [0.15, 0.2) is 23.0 Å². The van der Waals surface area contributed by atoms with Gasteiger partial charge in [-0.1, -0.05) is 23.2 Å². The van der Waals surface area contributed by atoms with E-state index in [1.165, 1.54) is 52.7 Å². The molecule has 18 heteroatoms. The number of carboxylic acids is 2. The maximum atomic E-state index is 14.9. The average Bonchev–Trinajstić information content (AvgIpc) is 3.37. The summed E-state index contributed by atoms with van der Waals surface area (Å²) in [5, 5.41) is 21.2. The summed E-state index contributed by atoms with van der Waals surface area (Å²) in [4.78, 5) is 47.6. The second-order valence-corrected chi connectivity index (χ2v) is 15.5.